The van der Waals surface area contributed by atoms with Gasteiger partial charge in [-0.1, -0.05) is 30.3 Å². The molecule has 1 aliphatic carbocycles. The molecule has 132 valence electrons. The van der Waals surface area contributed by atoms with E-state index < -0.39 is 11.6 Å². The Bertz CT molecular complexity index is 728. The monoisotopic (exact) mass is 342 g/mol. The van der Waals surface area contributed by atoms with E-state index in [0.29, 0.717) is 24.0 Å². The highest BCUT2D eigenvalue weighted by atomic mass is 19.2. The third-order valence-corrected chi connectivity index (χ3v) is 5.14. The van der Waals surface area contributed by atoms with Gasteiger partial charge in [-0.3, -0.25) is 0 Å². The number of hydrogen-bond acceptors (Lipinski definition) is 1. The fourth-order valence-corrected chi connectivity index (χ4v) is 3.64. The minimum absolute atomic E-state index is 0.0423. The molecule has 0 atom stereocenters. The zero-order valence-electron chi connectivity index (χ0n) is 14.6. The van der Waals surface area contributed by atoms with Gasteiger partial charge in [0.15, 0.2) is 11.6 Å². The van der Waals surface area contributed by atoms with Crippen LogP contribution in [0.3, 0.4) is 0 Å². The fourth-order valence-electron chi connectivity index (χ4n) is 3.64. The molecule has 0 radical (unpaired) electrons. The first-order valence-corrected chi connectivity index (χ1v) is 8.97. The Kier molecular flexibility index (Phi) is 5.52. The Hall–Kier alpha value is -2.16. The van der Waals surface area contributed by atoms with E-state index in [0.717, 1.165) is 12.8 Å². The molecule has 0 bridgehead atoms. The summed E-state index contributed by atoms with van der Waals surface area (Å²) in [6, 6.07) is 10.9. The normalized spacial score (nSPS) is 20.3. The van der Waals surface area contributed by atoms with Crippen LogP contribution >= 0.6 is 0 Å². The quantitative estimate of drug-likeness (QED) is 0.564. The van der Waals surface area contributed by atoms with Crippen molar-refractivity contribution in [3.63, 3.8) is 0 Å². The van der Waals surface area contributed by atoms with Crippen molar-refractivity contribution in [2.24, 2.45) is 5.92 Å². The van der Waals surface area contributed by atoms with Crippen molar-refractivity contribution < 1.29 is 13.5 Å². The topological polar surface area (TPSA) is 9.23 Å². The molecule has 0 amide bonds. The molecule has 0 aliphatic heterocycles. The lowest BCUT2D eigenvalue weighted by Gasteiger charge is -2.27. The van der Waals surface area contributed by atoms with Crippen molar-refractivity contribution in [3.8, 4) is 16.9 Å². The van der Waals surface area contributed by atoms with Crippen molar-refractivity contribution in [3.05, 3.63) is 66.3 Å². The minimum atomic E-state index is -0.925. The predicted octanol–water partition coefficient (Wildman–Crippen LogP) is 6.49. The van der Waals surface area contributed by atoms with E-state index in [9.17, 15) is 8.78 Å². The van der Waals surface area contributed by atoms with Crippen LogP contribution in [0.25, 0.3) is 11.1 Å². The van der Waals surface area contributed by atoms with Crippen LogP contribution in [0.5, 0.6) is 5.75 Å². The lowest BCUT2D eigenvalue weighted by molar-refractivity contribution is 0.314. The number of ether oxygens (including phenoxy) is 1. The summed E-state index contributed by atoms with van der Waals surface area (Å²) in [5.41, 5.74) is 2.23. The molecule has 25 heavy (non-hydrogen) atoms. The van der Waals surface area contributed by atoms with E-state index in [2.05, 4.69) is 12.7 Å². The number of rotatable bonds is 5. The van der Waals surface area contributed by atoms with Crippen LogP contribution in [0, 0.1) is 17.6 Å². The van der Waals surface area contributed by atoms with E-state index >= 15 is 0 Å². The van der Waals surface area contributed by atoms with Crippen LogP contribution in [0.4, 0.5) is 8.78 Å². The van der Waals surface area contributed by atoms with Crippen LogP contribution in [-0.2, 0) is 0 Å². The van der Waals surface area contributed by atoms with Gasteiger partial charge in [0.05, 0.1) is 6.61 Å². The Morgan fingerprint density at radius 2 is 1.68 bits per heavy atom. The van der Waals surface area contributed by atoms with Crippen LogP contribution in [0.1, 0.15) is 44.1 Å². The minimum Gasteiger partial charge on any atom is -0.491 e. The third kappa shape index (κ3) is 3.76. The maximum atomic E-state index is 14.3. The van der Waals surface area contributed by atoms with Crippen LogP contribution in [0.15, 0.2) is 49.1 Å². The largest absolute Gasteiger partial charge is 0.491 e. The van der Waals surface area contributed by atoms with Gasteiger partial charge in [-0.15, -0.1) is 6.58 Å². The van der Waals surface area contributed by atoms with Crippen LogP contribution in [-0.4, -0.2) is 6.61 Å². The SMILES string of the molecule is C=CC1CCC(c2ccc(-c3ccc(OCC)c(F)c3F)cc2)CC1. The van der Waals surface area contributed by atoms with E-state index in [1.807, 2.05) is 24.3 Å². The van der Waals surface area contributed by atoms with Gasteiger partial charge in [0.2, 0.25) is 5.82 Å². The van der Waals surface area contributed by atoms with Gasteiger partial charge in [0.25, 0.3) is 0 Å². The van der Waals surface area contributed by atoms with Crippen LogP contribution < -0.4 is 4.74 Å². The molecule has 0 spiro atoms. The highest BCUT2D eigenvalue weighted by molar-refractivity contribution is 5.65. The molecule has 0 unspecified atom stereocenters. The Labute approximate surface area is 148 Å². The molecular formula is C22H24F2O. The van der Waals surface area contributed by atoms with Gasteiger partial charge < -0.3 is 4.74 Å². The lowest BCUT2D eigenvalue weighted by atomic mass is 9.78. The zero-order valence-corrected chi connectivity index (χ0v) is 14.6. The third-order valence-electron chi connectivity index (χ3n) is 5.14. The second-order valence-corrected chi connectivity index (χ2v) is 6.64. The number of benzene rings is 2. The second kappa shape index (κ2) is 7.81. The van der Waals surface area contributed by atoms with Gasteiger partial charge in [-0.2, -0.15) is 4.39 Å². The Morgan fingerprint density at radius 1 is 1.00 bits per heavy atom. The summed E-state index contributed by atoms with van der Waals surface area (Å²) in [4.78, 5) is 0. The molecule has 3 rings (SSSR count). The van der Waals surface area contributed by atoms with Crippen molar-refractivity contribution >= 4 is 0 Å². The summed E-state index contributed by atoms with van der Waals surface area (Å²) in [5, 5.41) is 0. The highest BCUT2D eigenvalue weighted by Gasteiger charge is 2.21. The standard InChI is InChI=1S/C22H24F2O/c1-3-15-5-7-16(8-6-15)17-9-11-18(12-10-17)19-13-14-20(25-4-2)22(24)21(19)23/h3,9-16H,1,4-8H2,2H3. The molecule has 2 aromatic rings. The summed E-state index contributed by atoms with van der Waals surface area (Å²) in [6.45, 7) is 5.93. The molecular weight excluding hydrogens is 318 g/mol. The van der Waals surface area contributed by atoms with Crippen molar-refractivity contribution in [1.82, 2.24) is 0 Å². The maximum Gasteiger partial charge on any atom is 0.201 e. The summed E-state index contributed by atoms with van der Waals surface area (Å²) in [5.74, 6) is -0.640. The number of allylic oxidation sites excluding steroid dienone is 1. The molecule has 0 N–H and O–H groups in total. The molecule has 2 aromatic carbocycles. The predicted molar refractivity (Wildman–Crippen MR) is 97.9 cm³/mol. The lowest BCUT2D eigenvalue weighted by Crippen LogP contribution is -2.11. The van der Waals surface area contributed by atoms with Gasteiger partial charge in [0, 0.05) is 5.56 Å². The van der Waals surface area contributed by atoms with Gasteiger partial charge in [-0.25, -0.2) is 4.39 Å². The molecule has 1 nitrogen and oxygen atoms in total. The average Bonchev–Trinajstić information content (AvgIpc) is 2.66. The Balaban J connectivity index is 1.79. The summed E-state index contributed by atoms with van der Waals surface area (Å²) < 4.78 is 33.5. The molecule has 3 heteroatoms. The Morgan fingerprint density at radius 3 is 2.28 bits per heavy atom. The van der Waals surface area contributed by atoms with E-state index in [4.69, 9.17) is 4.74 Å². The molecule has 0 heterocycles. The van der Waals surface area contributed by atoms with E-state index in [1.54, 1.807) is 13.0 Å². The fraction of sp³-hybridized carbons (Fsp3) is 0.364. The first-order chi connectivity index (χ1) is 12.1. The molecule has 1 fully saturated rings. The number of halogens is 2. The first kappa shape index (κ1) is 17.7. The highest BCUT2D eigenvalue weighted by Crippen LogP contribution is 2.37. The summed E-state index contributed by atoms with van der Waals surface area (Å²) >= 11 is 0. The maximum absolute atomic E-state index is 14.3. The molecule has 1 saturated carbocycles. The van der Waals surface area contributed by atoms with Gasteiger partial charge in [0.1, 0.15) is 0 Å². The van der Waals surface area contributed by atoms with Crippen molar-refractivity contribution in [1.29, 1.82) is 0 Å². The van der Waals surface area contributed by atoms with Crippen LogP contribution in [0.2, 0.25) is 0 Å². The van der Waals surface area contributed by atoms with E-state index in [1.165, 1.54) is 24.5 Å². The smallest absolute Gasteiger partial charge is 0.201 e. The van der Waals surface area contributed by atoms with Crippen molar-refractivity contribution in [2.75, 3.05) is 6.61 Å². The average molecular weight is 342 g/mol. The second-order valence-electron chi connectivity index (χ2n) is 6.64. The molecule has 0 aromatic heterocycles. The number of hydrogen-bond donors (Lipinski definition) is 0. The molecule has 0 saturated heterocycles. The van der Waals surface area contributed by atoms with Gasteiger partial charge >= 0.3 is 0 Å². The summed E-state index contributed by atoms with van der Waals surface area (Å²) in [7, 11) is 0. The first-order valence-electron chi connectivity index (χ1n) is 8.97. The zero-order chi connectivity index (χ0) is 17.8. The van der Waals surface area contributed by atoms with Gasteiger partial charge in [-0.05, 0) is 67.7 Å². The molecule has 1 aliphatic rings. The van der Waals surface area contributed by atoms with E-state index in [-0.39, 0.29) is 11.3 Å². The summed E-state index contributed by atoms with van der Waals surface area (Å²) in [6.07, 6.45) is 6.72. The van der Waals surface area contributed by atoms with Crippen molar-refractivity contribution in [2.45, 2.75) is 38.5 Å².